The maximum atomic E-state index is 11.0. The number of nitrogens with zero attached hydrogens (tertiary/aromatic N) is 3. The number of hydrogen-bond donors (Lipinski definition) is 1. The number of carbonyl (C=O) groups is 1. The summed E-state index contributed by atoms with van der Waals surface area (Å²) in [7, 11) is 1.93. The van der Waals surface area contributed by atoms with Gasteiger partial charge in [0.15, 0.2) is 0 Å². The molecule has 0 saturated heterocycles. The number of rotatable bonds is 3. The van der Waals surface area contributed by atoms with Crippen molar-refractivity contribution in [3.8, 4) is 0 Å². The molecule has 100 valence electrons. The average molecular weight is 285 g/mol. The molecular formula is C14H11N3O2S. The van der Waals surface area contributed by atoms with E-state index in [-0.39, 0.29) is 5.56 Å². The summed E-state index contributed by atoms with van der Waals surface area (Å²) in [4.78, 5) is 20.5. The smallest absolute Gasteiger partial charge is 0.335 e. The number of aromatic nitrogens is 3. The van der Waals surface area contributed by atoms with Crippen molar-refractivity contribution in [1.82, 2.24) is 14.5 Å². The number of benzene rings is 1. The van der Waals surface area contributed by atoms with Gasteiger partial charge in [-0.2, -0.15) is 0 Å². The lowest BCUT2D eigenvalue weighted by Gasteiger charge is -2.03. The Hall–Kier alpha value is -2.34. The zero-order valence-electron chi connectivity index (χ0n) is 10.6. The zero-order chi connectivity index (χ0) is 14.1. The maximum absolute atomic E-state index is 11.0. The summed E-state index contributed by atoms with van der Waals surface area (Å²) in [6.07, 6.45) is 3.47. The van der Waals surface area contributed by atoms with Crippen molar-refractivity contribution in [2.24, 2.45) is 7.05 Å². The van der Waals surface area contributed by atoms with Crippen LogP contribution in [0.25, 0.3) is 11.0 Å². The van der Waals surface area contributed by atoms with Gasteiger partial charge in [0.2, 0.25) is 0 Å². The quantitative estimate of drug-likeness (QED) is 0.801. The van der Waals surface area contributed by atoms with Crippen LogP contribution in [-0.2, 0) is 7.05 Å². The van der Waals surface area contributed by atoms with E-state index in [0.29, 0.717) is 0 Å². The normalized spacial score (nSPS) is 10.8. The van der Waals surface area contributed by atoms with Gasteiger partial charge in [0.1, 0.15) is 10.5 Å². The number of pyridine rings is 1. The Bertz CT molecular complexity index is 798. The molecule has 5 nitrogen and oxygen atoms in total. The van der Waals surface area contributed by atoms with Crippen molar-refractivity contribution < 1.29 is 9.90 Å². The van der Waals surface area contributed by atoms with E-state index < -0.39 is 5.97 Å². The predicted octanol–water partition coefficient (Wildman–Crippen LogP) is 2.82. The second-order valence-corrected chi connectivity index (χ2v) is 5.34. The Morgan fingerprint density at radius 3 is 2.95 bits per heavy atom. The van der Waals surface area contributed by atoms with Crippen LogP contribution in [0.3, 0.4) is 0 Å². The second-order valence-electron chi connectivity index (χ2n) is 4.27. The van der Waals surface area contributed by atoms with Crippen LogP contribution in [0.4, 0.5) is 0 Å². The number of fused-ring (bicyclic) bond motifs is 1. The van der Waals surface area contributed by atoms with Crippen LogP contribution >= 0.6 is 11.8 Å². The lowest BCUT2D eigenvalue weighted by molar-refractivity contribution is 0.0696. The highest BCUT2D eigenvalue weighted by atomic mass is 32.2. The fraction of sp³-hybridized carbons (Fsp3) is 0.0714. The highest BCUT2D eigenvalue weighted by molar-refractivity contribution is 7.99. The number of imidazole rings is 1. The largest absolute Gasteiger partial charge is 0.478 e. The van der Waals surface area contributed by atoms with Crippen LogP contribution in [0.15, 0.2) is 52.8 Å². The first-order valence-electron chi connectivity index (χ1n) is 5.92. The van der Waals surface area contributed by atoms with Gasteiger partial charge in [0.05, 0.1) is 17.4 Å². The van der Waals surface area contributed by atoms with Crippen LogP contribution in [0.5, 0.6) is 0 Å². The van der Waals surface area contributed by atoms with Gasteiger partial charge in [-0.1, -0.05) is 17.8 Å². The Balaban J connectivity index is 2.01. The molecule has 2 heterocycles. The standard InChI is InChI=1S/C14H11N3O2S/c1-17-8-16-12-11(17)5-6-15-13(12)20-10-4-2-3-9(7-10)14(18)19/h2-8H,1H3,(H,18,19). The van der Waals surface area contributed by atoms with Gasteiger partial charge in [0, 0.05) is 18.1 Å². The highest BCUT2D eigenvalue weighted by Crippen LogP contribution is 2.31. The van der Waals surface area contributed by atoms with Crippen molar-refractivity contribution in [3.63, 3.8) is 0 Å². The lowest BCUT2D eigenvalue weighted by Crippen LogP contribution is -1.95. The number of aromatic carboxylic acids is 1. The first-order chi connectivity index (χ1) is 9.65. The molecule has 0 spiro atoms. The van der Waals surface area contributed by atoms with Crippen LogP contribution < -0.4 is 0 Å². The van der Waals surface area contributed by atoms with Gasteiger partial charge >= 0.3 is 5.97 Å². The Morgan fingerprint density at radius 2 is 2.15 bits per heavy atom. The third kappa shape index (κ3) is 2.25. The van der Waals surface area contributed by atoms with Crippen LogP contribution in [0.1, 0.15) is 10.4 Å². The van der Waals surface area contributed by atoms with Gasteiger partial charge in [-0.15, -0.1) is 0 Å². The molecule has 2 aromatic heterocycles. The summed E-state index contributed by atoms with van der Waals surface area (Å²) in [6, 6.07) is 8.70. The zero-order valence-corrected chi connectivity index (χ0v) is 11.5. The summed E-state index contributed by atoms with van der Waals surface area (Å²) in [5.74, 6) is -0.934. The summed E-state index contributed by atoms with van der Waals surface area (Å²) >= 11 is 1.41. The molecule has 20 heavy (non-hydrogen) atoms. The van der Waals surface area contributed by atoms with Gasteiger partial charge in [-0.3, -0.25) is 0 Å². The van der Waals surface area contributed by atoms with E-state index in [2.05, 4.69) is 9.97 Å². The molecule has 0 unspecified atom stereocenters. The molecule has 0 bridgehead atoms. The molecule has 1 N–H and O–H groups in total. The number of hydrogen-bond acceptors (Lipinski definition) is 4. The van der Waals surface area contributed by atoms with E-state index in [1.54, 1.807) is 30.7 Å². The molecule has 3 aromatic rings. The van der Waals surface area contributed by atoms with Gasteiger partial charge < -0.3 is 9.67 Å². The van der Waals surface area contributed by atoms with Gasteiger partial charge in [-0.25, -0.2) is 14.8 Å². The molecule has 0 saturated carbocycles. The van der Waals surface area contributed by atoms with E-state index >= 15 is 0 Å². The van der Waals surface area contributed by atoms with E-state index in [1.165, 1.54) is 11.8 Å². The topological polar surface area (TPSA) is 68.0 Å². The van der Waals surface area contributed by atoms with E-state index in [9.17, 15) is 4.79 Å². The van der Waals surface area contributed by atoms with Crippen LogP contribution in [-0.4, -0.2) is 25.6 Å². The minimum Gasteiger partial charge on any atom is -0.478 e. The number of carboxylic acids is 1. The van der Waals surface area contributed by atoms with E-state index in [4.69, 9.17) is 5.11 Å². The minimum atomic E-state index is -0.934. The number of aryl methyl sites for hydroxylation is 1. The highest BCUT2D eigenvalue weighted by Gasteiger charge is 2.10. The Morgan fingerprint density at radius 1 is 1.30 bits per heavy atom. The van der Waals surface area contributed by atoms with Gasteiger partial charge in [-0.05, 0) is 24.3 Å². The summed E-state index contributed by atoms with van der Waals surface area (Å²) in [5, 5.41) is 9.78. The molecule has 0 aliphatic heterocycles. The summed E-state index contributed by atoms with van der Waals surface area (Å²) < 4.78 is 1.93. The average Bonchev–Trinajstić information content (AvgIpc) is 2.82. The molecule has 3 rings (SSSR count). The molecule has 0 aliphatic rings. The molecule has 0 aliphatic carbocycles. The summed E-state index contributed by atoms with van der Waals surface area (Å²) in [5.41, 5.74) is 2.08. The molecule has 0 radical (unpaired) electrons. The first kappa shape index (κ1) is 12.7. The number of carboxylic acid groups (broad SMARTS) is 1. The van der Waals surface area contributed by atoms with Crippen LogP contribution in [0, 0.1) is 0 Å². The third-order valence-electron chi connectivity index (χ3n) is 2.90. The Kier molecular flexibility index (Phi) is 3.15. The van der Waals surface area contributed by atoms with Crippen LogP contribution in [0.2, 0.25) is 0 Å². The van der Waals surface area contributed by atoms with Crippen molar-refractivity contribution in [1.29, 1.82) is 0 Å². The molecule has 1 aromatic carbocycles. The Labute approximate surface area is 119 Å². The molecule has 6 heteroatoms. The predicted molar refractivity (Wildman–Crippen MR) is 76.0 cm³/mol. The molecule has 0 fully saturated rings. The SMILES string of the molecule is Cn1cnc2c(Sc3cccc(C(=O)O)c3)nccc21. The maximum Gasteiger partial charge on any atom is 0.335 e. The third-order valence-corrected chi connectivity index (χ3v) is 3.89. The van der Waals surface area contributed by atoms with Crippen molar-refractivity contribution in [3.05, 3.63) is 48.4 Å². The second kappa shape index (κ2) is 4.97. The molecule has 0 atom stereocenters. The fourth-order valence-corrected chi connectivity index (χ4v) is 2.84. The van der Waals surface area contributed by atoms with Crippen molar-refractivity contribution in [2.75, 3.05) is 0 Å². The van der Waals surface area contributed by atoms with Crippen molar-refractivity contribution >= 4 is 28.8 Å². The monoisotopic (exact) mass is 285 g/mol. The van der Waals surface area contributed by atoms with E-state index in [1.807, 2.05) is 23.7 Å². The fourth-order valence-electron chi connectivity index (χ4n) is 1.92. The van der Waals surface area contributed by atoms with E-state index in [0.717, 1.165) is 21.0 Å². The van der Waals surface area contributed by atoms with Gasteiger partial charge in [0.25, 0.3) is 0 Å². The first-order valence-corrected chi connectivity index (χ1v) is 6.74. The molecule has 0 amide bonds. The summed E-state index contributed by atoms with van der Waals surface area (Å²) in [6.45, 7) is 0. The minimum absolute atomic E-state index is 0.267. The van der Waals surface area contributed by atoms with Crippen molar-refractivity contribution in [2.45, 2.75) is 9.92 Å². The lowest BCUT2D eigenvalue weighted by atomic mass is 10.2. The molecular weight excluding hydrogens is 274 g/mol.